The Kier molecular flexibility index (Phi) is 9.89. The molecule has 1 N–H and O–H groups in total. The summed E-state index contributed by atoms with van der Waals surface area (Å²) in [6.45, 7) is -0.761. The fraction of sp³-hybridized carbons (Fsp3) is 0.167. The molecule has 270 valence electrons. The second-order valence-corrected chi connectivity index (χ2v) is 15.9. The predicted octanol–water partition coefficient (Wildman–Crippen LogP) is 6.30. The van der Waals surface area contributed by atoms with E-state index >= 15 is 0 Å². The third-order valence-corrected chi connectivity index (χ3v) is 12.7. The first-order chi connectivity index (χ1) is 26.3. The molecule has 3 heterocycles. The van der Waals surface area contributed by atoms with Gasteiger partial charge in [-0.15, -0.1) is 11.3 Å². The standard InChI is InChI=1S/C42H33N3O6S3/c46-25-51-24-44-39(49)36(53-41(44)38-40(50)43(23-37(47)48)42(52)54-38)22-27-16-19-35-33(21-27)31-12-7-13-34(31)45(35)30-17-14-26(15-18-30)20-32(28-8-3-1-4-9-28)29-10-5-2-6-11-29/h1-6,8-11,14-22,25,31,34H,7,12-13,23-24H2,(H,47,48)/b36-22+,41-38+. The van der Waals surface area contributed by atoms with Gasteiger partial charge in [-0.2, -0.15) is 0 Å². The van der Waals surface area contributed by atoms with Crippen LogP contribution in [0, 0.1) is 0 Å². The Hall–Kier alpha value is -5.56. The normalized spacial score (nSPS) is 18.9. The number of fused-ring (bicyclic) bond motifs is 3. The quantitative estimate of drug-likeness (QED) is 0.0995. The molecular formula is C42H33N3O6S3. The summed E-state index contributed by atoms with van der Waals surface area (Å²) in [5.41, 5.74) is 8.51. The summed E-state index contributed by atoms with van der Waals surface area (Å²) < 4.78 is 6.82. The van der Waals surface area contributed by atoms with Gasteiger partial charge in [0, 0.05) is 23.3 Å². The number of carbonyl (C=O) groups is 3. The molecule has 4 aromatic carbocycles. The summed E-state index contributed by atoms with van der Waals surface area (Å²) in [7, 11) is 0. The molecule has 12 heteroatoms. The number of thioether (sulfide) groups is 1. The number of rotatable bonds is 10. The van der Waals surface area contributed by atoms with Crippen molar-refractivity contribution in [3.05, 3.63) is 150 Å². The van der Waals surface area contributed by atoms with Crippen molar-refractivity contribution in [2.24, 2.45) is 0 Å². The number of anilines is 2. The number of nitrogens with zero attached hydrogens (tertiary/aromatic N) is 3. The van der Waals surface area contributed by atoms with Gasteiger partial charge in [0.2, 0.25) is 0 Å². The third kappa shape index (κ3) is 6.72. The van der Waals surface area contributed by atoms with Gasteiger partial charge >= 0.3 is 5.97 Å². The molecule has 8 rings (SSSR count). The SMILES string of the molecule is O=COCn1c(=O)/c(=C\c2ccc3c(c2)C2CCCC2N3c2ccc(C=C(c3ccccc3)c3ccccc3)cc2)s/c1=C1/SC(=S)N(CC(=O)O)C1=O. The summed E-state index contributed by atoms with van der Waals surface area (Å²) >= 11 is 7.28. The van der Waals surface area contributed by atoms with Crippen LogP contribution >= 0.6 is 35.3 Å². The van der Waals surface area contributed by atoms with Crippen molar-refractivity contribution in [3.63, 3.8) is 0 Å². The number of thiocarbonyl (C=S) groups is 1. The van der Waals surface area contributed by atoms with Gasteiger partial charge in [0.05, 0.1) is 4.53 Å². The molecule has 3 aliphatic rings. The molecule has 0 spiro atoms. The van der Waals surface area contributed by atoms with E-state index in [0.29, 0.717) is 16.5 Å². The molecule has 1 aliphatic carbocycles. The van der Waals surface area contributed by atoms with E-state index in [2.05, 4.69) is 95.9 Å². The number of carboxylic acid groups (broad SMARTS) is 1. The first kappa shape index (κ1) is 35.5. The van der Waals surface area contributed by atoms with Crippen molar-refractivity contribution in [3.8, 4) is 0 Å². The van der Waals surface area contributed by atoms with Crippen molar-refractivity contribution in [2.45, 2.75) is 38.0 Å². The number of ether oxygens (including phenoxy) is 1. The molecule has 0 bridgehead atoms. The van der Waals surface area contributed by atoms with Crippen LogP contribution in [0.2, 0.25) is 0 Å². The van der Waals surface area contributed by atoms with E-state index in [1.54, 1.807) is 6.08 Å². The van der Waals surface area contributed by atoms with Crippen LogP contribution in [0.5, 0.6) is 0 Å². The maximum atomic E-state index is 13.7. The lowest BCUT2D eigenvalue weighted by Gasteiger charge is -2.27. The topological polar surface area (TPSA) is 109 Å². The van der Waals surface area contributed by atoms with E-state index in [0.717, 1.165) is 86.5 Å². The van der Waals surface area contributed by atoms with E-state index in [1.807, 2.05) is 18.2 Å². The molecule has 1 amide bonds. The summed E-state index contributed by atoms with van der Waals surface area (Å²) in [6, 6.07) is 36.2. The van der Waals surface area contributed by atoms with Gasteiger partial charge in [-0.3, -0.25) is 28.6 Å². The first-order valence-corrected chi connectivity index (χ1v) is 19.5. The minimum absolute atomic E-state index is 0.0798. The molecule has 2 atom stereocenters. The Bertz CT molecular complexity index is 2470. The first-order valence-electron chi connectivity index (χ1n) is 17.4. The molecule has 0 radical (unpaired) electrons. The lowest BCUT2D eigenvalue weighted by atomic mass is 9.95. The van der Waals surface area contributed by atoms with Gasteiger partial charge in [-0.05, 0) is 82.6 Å². The highest BCUT2D eigenvalue weighted by Crippen LogP contribution is 2.52. The molecule has 54 heavy (non-hydrogen) atoms. The number of aromatic nitrogens is 1. The van der Waals surface area contributed by atoms with Gasteiger partial charge in [0.1, 0.15) is 20.4 Å². The number of amides is 1. The Balaban J connectivity index is 1.14. The molecule has 2 fully saturated rings. The van der Waals surface area contributed by atoms with E-state index in [4.69, 9.17) is 17.0 Å². The summed E-state index contributed by atoms with van der Waals surface area (Å²) in [6.07, 6.45) is 7.30. The Morgan fingerprint density at radius 1 is 0.907 bits per heavy atom. The number of benzene rings is 4. The Morgan fingerprint density at radius 2 is 1.59 bits per heavy atom. The Labute approximate surface area is 324 Å². The van der Waals surface area contributed by atoms with Gasteiger partial charge in [0.15, 0.2) is 6.73 Å². The summed E-state index contributed by atoms with van der Waals surface area (Å²) in [5, 5.41) is 9.27. The molecule has 1 saturated carbocycles. The van der Waals surface area contributed by atoms with E-state index in [9.17, 15) is 24.3 Å². The minimum Gasteiger partial charge on any atom is -0.480 e. The molecule has 9 nitrogen and oxygen atoms in total. The summed E-state index contributed by atoms with van der Waals surface area (Å²) in [5.74, 6) is -1.47. The highest BCUT2D eigenvalue weighted by atomic mass is 32.2. The maximum absolute atomic E-state index is 13.7. The average molecular weight is 772 g/mol. The number of aliphatic carboxylic acids is 1. The largest absolute Gasteiger partial charge is 0.480 e. The fourth-order valence-corrected chi connectivity index (χ4v) is 10.1. The van der Waals surface area contributed by atoms with Gasteiger partial charge in [-0.1, -0.05) is 109 Å². The lowest BCUT2D eigenvalue weighted by molar-refractivity contribution is -0.140. The monoisotopic (exact) mass is 771 g/mol. The van der Waals surface area contributed by atoms with Gasteiger partial charge in [-0.25, -0.2) is 0 Å². The molecule has 2 unspecified atom stereocenters. The van der Waals surface area contributed by atoms with Crippen molar-refractivity contribution in [1.29, 1.82) is 0 Å². The highest BCUT2D eigenvalue weighted by Gasteiger charge is 2.42. The molecule has 1 saturated heterocycles. The zero-order valence-corrected chi connectivity index (χ0v) is 31.2. The van der Waals surface area contributed by atoms with Crippen molar-refractivity contribution in [1.82, 2.24) is 9.47 Å². The summed E-state index contributed by atoms with van der Waals surface area (Å²) in [4.78, 5) is 52.9. The number of carboxylic acids is 1. The number of hydrogen-bond acceptors (Lipinski definition) is 9. The highest BCUT2D eigenvalue weighted by molar-refractivity contribution is 8.30. The van der Waals surface area contributed by atoms with Crippen LogP contribution in [0.15, 0.2) is 108 Å². The number of carbonyl (C=O) groups excluding carboxylic acids is 2. The van der Waals surface area contributed by atoms with Crippen LogP contribution in [-0.4, -0.2) is 49.8 Å². The van der Waals surface area contributed by atoms with Crippen molar-refractivity contribution < 1.29 is 24.2 Å². The second kappa shape index (κ2) is 15.1. The Morgan fingerprint density at radius 3 is 2.26 bits per heavy atom. The maximum Gasteiger partial charge on any atom is 0.323 e. The zero-order valence-electron chi connectivity index (χ0n) is 28.8. The van der Waals surface area contributed by atoms with Crippen LogP contribution in [0.3, 0.4) is 0 Å². The minimum atomic E-state index is -1.21. The predicted molar refractivity (Wildman–Crippen MR) is 217 cm³/mol. The van der Waals surface area contributed by atoms with Crippen LogP contribution in [-0.2, 0) is 25.9 Å². The van der Waals surface area contributed by atoms with E-state index in [1.165, 1.54) is 10.1 Å². The van der Waals surface area contributed by atoms with Crippen LogP contribution < -0.4 is 19.7 Å². The number of thiazole rings is 1. The van der Waals surface area contributed by atoms with Gasteiger partial charge < -0.3 is 14.7 Å². The average Bonchev–Trinajstić information content (AvgIpc) is 3.93. The number of hydrogen-bond donors (Lipinski definition) is 1. The van der Waals surface area contributed by atoms with Crippen LogP contribution in [0.1, 0.15) is 53.0 Å². The van der Waals surface area contributed by atoms with Gasteiger partial charge in [0.25, 0.3) is 17.9 Å². The molecule has 1 aromatic heterocycles. The van der Waals surface area contributed by atoms with E-state index in [-0.39, 0.29) is 20.4 Å². The molecule has 5 aromatic rings. The third-order valence-electron chi connectivity index (χ3n) is 9.99. The van der Waals surface area contributed by atoms with Crippen LogP contribution in [0.25, 0.3) is 22.6 Å². The lowest BCUT2D eigenvalue weighted by Crippen LogP contribution is -2.36. The van der Waals surface area contributed by atoms with Crippen molar-refractivity contribution in [2.75, 3.05) is 11.4 Å². The van der Waals surface area contributed by atoms with Crippen molar-refractivity contribution >= 4 is 92.0 Å². The fourth-order valence-electron chi connectivity index (χ4n) is 7.63. The smallest absolute Gasteiger partial charge is 0.323 e. The molecular weight excluding hydrogens is 739 g/mol. The zero-order chi connectivity index (χ0) is 37.3. The van der Waals surface area contributed by atoms with Crippen LogP contribution in [0.4, 0.5) is 11.4 Å². The van der Waals surface area contributed by atoms with E-state index < -0.39 is 30.7 Å². The molecule has 2 aliphatic heterocycles. The second-order valence-electron chi connectivity index (χ2n) is 13.2.